The van der Waals surface area contributed by atoms with E-state index in [4.69, 9.17) is 15.7 Å². The first-order valence-corrected chi connectivity index (χ1v) is 6.44. The Kier molecular flexibility index (Phi) is 5.47. The van der Waals surface area contributed by atoms with Crippen LogP contribution in [0.3, 0.4) is 0 Å². The van der Waals surface area contributed by atoms with Crippen LogP contribution in [0.4, 0.5) is 5.69 Å². The molecule has 6 heteroatoms. The smallest absolute Gasteiger partial charge is 0.310 e. The number of ether oxygens (including phenoxy) is 1. The number of nitro groups is 1. The topological polar surface area (TPSA) is 102 Å². The summed E-state index contributed by atoms with van der Waals surface area (Å²) in [4.78, 5) is 10.4. The second-order valence-electron chi connectivity index (χ2n) is 5.06. The first-order chi connectivity index (χ1) is 9.35. The maximum atomic E-state index is 10.9. The molecule has 0 aromatic heterocycles. The van der Waals surface area contributed by atoms with Gasteiger partial charge in [0.15, 0.2) is 5.75 Å². The standard InChI is InChI=1S/C14H19N3O3/c1-11-5-6-12(17(18)19)13(9-11)20-8-4-3-7-14(2,16)10-15/h5-6,9H,3-4,7-8,16H2,1-2H3. The molecule has 0 bridgehead atoms. The Labute approximate surface area is 118 Å². The van der Waals surface area contributed by atoms with E-state index in [1.54, 1.807) is 19.1 Å². The van der Waals surface area contributed by atoms with Crippen LogP contribution < -0.4 is 10.5 Å². The van der Waals surface area contributed by atoms with Crippen LogP contribution in [0, 0.1) is 28.4 Å². The molecule has 1 aromatic rings. The first-order valence-electron chi connectivity index (χ1n) is 6.44. The molecule has 0 aliphatic heterocycles. The van der Waals surface area contributed by atoms with E-state index in [9.17, 15) is 10.1 Å². The van der Waals surface area contributed by atoms with Crippen LogP contribution in [0.15, 0.2) is 18.2 Å². The van der Waals surface area contributed by atoms with Gasteiger partial charge in [-0.2, -0.15) is 5.26 Å². The summed E-state index contributed by atoms with van der Waals surface area (Å²) in [5, 5.41) is 19.6. The lowest BCUT2D eigenvalue weighted by Gasteiger charge is -2.14. The van der Waals surface area contributed by atoms with Crippen molar-refractivity contribution >= 4 is 5.69 Å². The molecule has 20 heavy (non-hydrogen) atoms. The van der Waals surface area contributed by atoms with E-state index in [-0.39, 0.29) is 11.4 Å². The van der Waals surface area contributed by atoms with Gasteiger partial charge in [0, 0.05) is 6.07 Å². The normalized spacial score (nSPS) is 13.3. The fraction of sp³-hybridized carbons (Fsp3) is 0.500. The SMILES string of the molecule is Cc1ccc([N+](=O)[O-])c(OCCCCC(C)(N)C#N)c1. The summed E-state index contributed by atoms with van der Waals surface area (Å²) >= 11 is 0. The molecule has 0 aliphatic rings. The van der Waals surface area contributed by atoms with Crippen molar-refractivity contribution in [2.24, 2.45) is 5.73 Å². The summed E-state index contributed by atoms with van der Waals surface area (Å²) in [5.41, 5.74) is 5.75. The predicted octanol–water partition coefficient (Wildman–Crippen LogP) is 2.69. The Balaban J connectivity index is 2.49. The largest absolute Gasteiger partial charge is 0.487 e. The second kappa shape index (κ2) is 6.87. The van der Waals surface area contributed by atoms with Gasteiger partial charge in [-0.1, -0.05) is 6.07 Å². The van der Waals surface area contributed by atoms with E-state index < -0.39 is 10.5 Å². The molecule has 0 spiro atoms. The van der Waals surface area contributed by atoms with Gasteiger partial charge >= 0.3 is 5.69 Å². The highest BCUT2D eigenvalue weighted by atomic mass is 16.6. The Bertz CT molecular complexity index is 521. The van der Waals surface area contributed by atoms with Crippen LogP contribution in [0.25, 0.3) is 0 Å². The summed E-state index contributed by atoms with van der Waals surface area (Å²) in [5.74, 6) is 0.283. The number of nitriles is 1. The molecule has 108 valence electrons. The lowest BCUT2D eigenvalue weighted by molar-refractivity contribution is -0.385. The molecule has 1 unspecified atom stereocenters. The van der Waals surface area contributed by atoms with Gasteiger partial charge in [-0.15, -0.1) is 0 Å². The molecule has 0 radical (unpaired) electrons. The highest BCUT2D eigenvalue weighted by molar-refractivity contribution is 5.48. The molecule has 0 saturated carbocycles. The van der Waals surface area contributed by atoms with Crippen molar-refractivity contribution in [1.82, 2.24) is 0 Å². The zero-order valence-corrected chi connectivity index (χ0v) is 11.8. The minimum Gasteiger partial charge on any atom is -0.487 e. The van der Waals surface area contributed by atoms with E-state index in [0.29, 0.717) is 19.4 Å². The van der Waals surface area contributed by atoms with E-state index in [1.807, 2.05) is 13.0 Å². The van der Waals surface area contributed by atoms with Gasteiger partial charge in [-0.05, 0) is 44.7 Å². The molecule has 2 N–H and O–H groups in total. The van der Waals surface area contributed by atoms with E-state index in [2.05, 4.69) is 0 Å². The molecule has 0 fully saturated rings. The van der Waals surface area contributed by atoms with Crippen LogP contribution in [-0.4, -0.2) is 17.1 Å². The number of hydrogen-bond acceptors (Lipinski definition) is 5. The first kappa shape index (κ1) is 15.9. The summed E-state index contributed by atoms with van der Waals surface area (Å²) in [6.45, 7) is 3.90. The summed E-state index contributed by atoms with van der Waals surface area (Å²) in [6.07, 6.45) is 2.00. The maximum Gasteiger partial charge on any atom is 0.310 e. The molecule has 0 saturated heterocycles. The average Bonchev–Trinajstić information content (AvgIpc) is 2.38. The molecule has 1 aromatic carbocycles. The third-order valence-electron chi connectivity index (χ3n) is 2.92. The fourth-order valence-electron chi connectivity index (χ4n) is 1.72. The van der Waals surface area contributed by atoms with Crippen molar-refractivity contribution < 1.29 is 9.66 Å². The third-order valence-corrected chi connectivity index (χ3v) is 2.92. The molecule has 6 nitrogen and oxygen atoms in total. The number of aryl methyl sites for hydroxylation is 1. The van der Waals surface area contributed by atoms with Gasteiger partial charge in [-0.25, -0.2) is 0 Å². The Hall–Kier alpha value is -2.13. The third kappa shape index (κ3) is 4.86. The lowest BCUT2D eigenvalue weighted by atomic mass is 9.98. The number of nitrogens with zero attached hydrogens (tertiary/aromatic N) is 2. The highest BCUT2D eigenvalue weighted by Crippen LogP contribution is 2.27. The van der Waals surface area contributed by atoms with Gasteiger partial charge in [0.1, 0.15) is 5.54 Å². The second-order valence-corrected chi connectivity index (χ2v) is 5.06. The zero-order valence-electron chi connectivity index (χ0n) is 11.8. The Morgan fingerprint density at radius 2 is 2.20 bits per heavy atom. The summed E-state index contributed by atoms with van der Waals surface area (Å²) in [6, 6.07) is 6.80. The fourth-order valence-corrected chi connectivity index (χ4v) is 1.72. The van der Waals surface area contributed by atoms with Crippen molar-refractivity contribution in [1.29, 1.82) is 5.26 Å². The quantitative estimate of drug-likeness (QED) is 0.469. The van der Waals surface area contributed by atoms with E-state index in [1.165, 1.54) is 6.07 Å². The molecule has 0 amide bonds. The van der Waals surface area contributed by atoms with Crippen LogP contribution in [0.5, 0.6) is 5.75 Å². The molecule has 0 heterocycles. The lowest BCUT2D eigenvalue weighted by Crippen LogP contribution is -2.33. The highest BCUT2D eigenvalue weighted by Gasteiger charge is 2.17. The summed E-state index contributed by atoms with van der Waals surface area (Å²) in [7, 11) is 0. The Morgan fingerprint density at radius 3 is 2.80 bits per heavy atom. The van der Waals surface area contributed by atoms with Crippen molar-refractivity contribution in [2.75, 3.05) is 6.61 Å². The van der Waals surface area contributed by atoms with E-state index in [0.717, 1.165) is 12.0 Å². The van der Waals surface area contributed by atoms with Crippen molar-refractivity contribution in [3.8, 4) is 11.8 Å². The van der Waals surface area contributed by atoms with E-state index >= 15 is 0 Å². The van der Waals surface area contributed by atoms with Crippen LogP contribution in [-0.2, 0) is 0 Å². The average molecular weight is 277 g/mol. The number of nitro benzene ring substituents is 1. The molecule has 0 aliphatic carbocycles. The van der Waals surface area contributed by atoms with Gasteiger partial charge < -0.3 is 10.5 Å². The van der Waals surface area contributed by atoms with Gasteiger partial charge in [0.2, 0.25) is 0 Å². The van der Waals surface area contributed by atoms with Gasteiger partial charge in [-0.3, -0.25) is 10.1 Å². The van der Waals surface area contributed by atoms with Gasteiger partial charge in [0.05, 0.1) is 17.6 Å². The molecule has 1 atom stereocenters. The minimum absolute atomic E-state index is 0.0312. The number of rotatable bonds is 7. The molecule has 1 rings (SSSR count). The van der Waals surface area contributed by atoms with Crippen molar-refractivity contribution in [2.45, 2.75) is 38.6 Å². The van der Waals surface area contributed by atoms with Gasteiger partial charge in [0.25, 0.3) is 0 Å². The van der Waals surface area contributed by atoms with Crippen molar-refractivity contribution in [3.63, 3.8) is 0 Å². The van der Waals surface area contributed by atoms with Crippen LogP contribution in [0.1, 0.15) is 31.7 Å². The zero-order chi connectivity index (χ0) is 15.2. The maximum absolute atomic E-state index is 10.9. The van der Waals surface area contributed by atoms with Crippen molar-refractivity contribution in [3.05, 3.63) is 33.9 Å². The number of hydrogen-bond donors (Lipinski definition) is 1. The number of benzene rings is 1. The van der Waals surface area contributed by atoms with Crippen LogP contribution in [0.2, 0.25) is 0 Å². The molecular weight excluding hydrogens is 258 g/mol. The number of nitrogens with two attached hydrogens (primary N) is 1. The summed E-state index contributed by atoms with van der Waals surface area (Å²) < 4.78 is 5.46. The van der Waals surface area contributed by atoms with Crippen LogP contribution >= 0.6 is 0 Å². The minimum atomic E-state index is -0.824. The molecular formula is C14H19N3O3. The number of unbranched alkanes of at least 4 members (excludes halogenated alkanes) is 1. The Morgan fingerprint density at radius 1 is 1.50 bits per heavy atom. The monoisotopic (exact) mass is 277 g/mol. The predicted molar refractivity (Wildman–Crippen MR) is 75.4 cm³/mol.